The molecule has 3 rings (SSSR count). The van der Waals surface area contributed by atoms with E-state index < -0.39 is 5.91 Å². The molecule has 8 heteroatoms. The number of H-pyrrole nitrogens is 1. The zero-order valence-electron chi connectivity index (χ0n) is 13.6. The van der Waals surface area contributed by atoms with Crippen molar-refractivity contribution < 1.29 is 4.79 Å². The zero-order valence-corrected chi connectivity index (χ0v) is 15.8. The van der Waals surface area contributed by atoms with Gasteiger partial charge in [-0.05, 0) is 48.9 Å². The van der Waals surface area contributed by atoms with Crippen molar-refractivity contribution >= 4 is 46.4 Å². The van der Waals surface area contributed by atoms with Gasteiger partial charge in [-0.15, -0.1) is 0 Å². The summed E-state index contributed by atoms with van der Waals surface area (Å²) in [6.07, 6.45) is 0. The summed E-state index contributed by atoms with van der Waals surface area (Å²) in [5, 5.41) is 12.5. The fourth-order valence-electron chi connectivity index (χ4n) is 2.22. The molecule has 0 unspecified atom stereocenters. The zero-order chi connectivity index (χ0) is 18.7. The lowest BCUT2D eigenvalue weighted by atomic mass is 10.1. The van der Waals surface area contributed by atoms with E-state index in [-0.39, 0.29) is 5.69 Å². The van der Waals surface area contributed by atoms with Crippen LogP contribution in [0.5, 0.6) is 0 Å². The number of hydrazone groups is 1. The third kappa shape index (κ3) is 4.25. The average molecular weight is 408 g/mol. The van der Waals surface area contributed by atoms with Gasteiger partial charge in [-0.1, -0.05) is 46.9 Å². The molecule has 132 valence electrons. The van der Waals surface area contributed by atoms with Crippen molar-refractivity contribution in [2.45, 2.75) is 6.92 Å². The molecule has 0 aliphatic heterocycles. The maximum absolute atomic E-state index is 12.3. The molecule has 0 fully saturated rings. The van der Waals surface area contributed by atoms with Gasteiger partial charge in [0.2, 0.25) is 0 Å². The number of benzene rings is 2. The van der Waals surface area contributed by atoms with E-state index in [1.807, 2.05) is 12.1 Å². The van der Waals surface area contributed by atoms with E-state index >= 15 is 0 Å². The monoisotopic (exact) mass is 406 g/mol. The lowest BCUT2D eigenvalue weighted by Crippen LogP contribution is -2.19. The molecule has 0 bridgehead atoms. The fourth-order valence-corrected chi connectivity index (χ4v) is 2.86. The van der Waals surface area contributed by atoms with Crippen LogP contribution >= 0.6 is 34.8 Å². The molecule has 1 heterocycles. The Bertz CT molecular complexity index is 980. The van der Waals surface area contributed by atoms with Gasteiger partial charge in [0.15, 0.2) is 0 Å². The second-order valence-corrected chi connectivity index (χ2v) is 6.72. The Morgan fingerprint density at radius 2 is 1.73 bits per heavy atom. The van der Waals surface area contributed by atoms with Crippen LogP contribution in [0.25, 0.3) is 11.3 Å². The lowest BCUT2D eigenvalue weighted by Gasteiger charge is -2.02. The summed E-state index contributed by atoms with van der Waals surface area (Å²) < 4.78 is 0. The molecule has 26 heavy (non-hydrogen) atoms. The van der Waals surface area contributed by atoms with Gasteiger partial charge < -0.3 is 0 Å². The Balaban J connectivity index is 1.74. The van der Waals surface area contributed by atoms with Gasteiger partial charge in [-0.2, -0.15) is 10.2 Å². The van der Waals surface area contributed by atoms with Gasteiger partial charge in [0, 0.05) is 15.6 Å². The SMILES string of the molecule is CC(=NNC(=O)c1cc(-c2ccc(Cl)cc2Cl)n[nH]1)c1ccc(Cl)cc1. The standard InChI is InChI=1S/C18H13Cl3N4O/c1-10(11-2-4-12(19)5-3-11)22-25-18(26)17-9-16(23-24-17)14-7-6-13(20)8-15(14)21/h2-9H,1H3,(H,23,24)(H,25,26). The number of carbonyl (C=O) groups excluding carboxylic acids is 1. The second-order valence-electron chi connectivity index (χ2n) is 5.44. The summed E-state index contributed by atoms with van der Waals surface area (Å²) in [6, 6.07) is 13.8. The van der Waals surface area contributed by atoms with E-state index in [1.165, 1.54) is 0 Å². The number of hydrogen-bond acceptors (Lipinski definition) is 3. The van der Waals surface area contributed by atoms with Gasteiger partial charge in [0.25, 0.3) is 5.91 Å². The van der Waals surface area contributed by atoms with Crippen molar-refractivity contribution in [3.63, 3.8) is 0 Å². The molecule has 5 nitrogen and oxygen atoms in total. The molecule has 2 aromatic carbocycles. The van der Waals surface area contributed by atoms with E-state index in [0.29, 0.717) is 32.0 Å². The van der Waals surface area contributed by atoms with Gasteiger partial charge in [-0.3, -0.25) is 9.89 Å². The molecule has 0 saturated heterocycles. The number of aromatic amines is 1. The molecule has 1 amide bonds. The van der Waals surface area contributed by atoms with Crippen molar-refractivity contribution in [2.24, 2.45) is 5.10 Å². The first-order valence-corrected chi connectivity index (χ1v) is 8.69. The summed E-state index contributed by atoms with van der Waals surface area (Å²) in [5.41, 5.74) is 5.47. The number of amides is 1. The van der Waals surface area contributed by atoms with E-state index in [4.69, 9.17) is 34.8 Å². The molecular weight excluding hydrogens is 395 g/mol. The smallest absolute Gasteiger partial charge is 0.272 e. The Morgan fingerprint density at radius 1 is 1.04 bits per heavy atom. The normalized spacial score (nSPS) is 11.5. The molecule has 0 radical (unpaired) electrons. The summed E-state index contributed by atoms with van der Waals surface area (Å²) >= 11 is 17.9. The first-order valence-electron chi connectivity index (χ1n) is 7.55. The Labute approximate surface area is 165 Å². The van der Waals surface area contributed by atoms with Crippen LogP contribution in [-0.4, -0.2) is 21.8 Å². The predicted octanol–water partition coefficient (Wildman–Crippen LogP) is 5.19. The molecule has 0 saturated carbocycles. The number of aromatic nitrogens is 2. The molecule has 2 N–H and O–H groups in total. The van der Waals surface area contributed by atoms with Crippen molar-refractivity contribution in [3.8, 4) is 11.3 Å². The minimum absolute atomic E-state index is 0.263. The van der Waals surface area contributed by atoms with Gasteiger partial charge in [-0.25, -0.2) is 5.43 Å². The van der Waals surface area contributed by atoms with E-state index in [1.54, 1.807) is 43.3 Å². The Hall–Kier alpha value is -2.34. The minimum atomic E-state index is -0.415. The summed E-state index contributed by atoms with van der Waals surface area (Å²) in [7, 11) is 0. The van der Waals surface area contributed by atoms with Crippen molar-refractivity contribution in [1.82, 2.24) is 15.6 Å². The summed E-state index contributed by atoms with van der Waals surface area (Å²) in [6.45, 7) is 1.79. The molecule has 0 aliphatic carbocycles. The van der Waals surface area contributed by atoms with Gasteiger partial charge in [0.05, 0.1) is 16.4 Å². The van der Waals surface area contributed by atoms with Crippen LogP contribution in [-0.2, 0) is 0 Å². The highest BCUT2D eigenvalue weighted by Gasteiger charge is 2.13. The number of rotatable bonds is 4. The number of halogens is 3. The van der Waals surface area contributed by atoms with Crippen molar-refractivity contribution in [2.75, 3.05) is 0 Å². The van der Waals surface area contributed by atoms with Gasteiger partial charge >= 0.3 is 0 Å². The third-order valence-corrected chi connectivity index (χ3v) is 4.42. The quantitative estimate of drug-likeness (QED) is 0.461. The van der Waals surface area contributed by atoms with Crippen molar-refractivity contribution in [3.05, 3.63) is 74.9 Å². The Kier molecular flexibility index (Phi) is 5.61. The number of hydrogen-bond donors (Lipinski definition) is 2. The maximum Gasteiger partial charge on any atom is 0.289 e. The van der Waals surface area contributed by atoms with Crippen LogP contribution in [0.3, 0.4) is 0 Å². The van der Waals surface area contributed by atoms with Crippen LogP contribution < -0.4 is 5.43 Å². The van der Waals surface area contributed by atoms with E-state index in [2.05, 4.69) is 20.7 Å². The predicted molar refractivity (Wildman–Crippen MR) is 105 cm³/mol. The van der Waals surface area contributed by atoms with Crippen LogP contribution in [0.1, 0.15) is 23.0 Å². The Morgan fingerprint density at radius 3 is 2.42 bits per heavy atom. The van der Waals surface area contributed by atoms with Gasteiger partial charge in [0.1, 0.15) is 5.69 Å². The maximum atomic E-state index is 12.3. The molecule has 0 atom stereocenters. The minimum Gasteiger partial charge on any atom is -0.272 e. The average Bonchev–Trinajstić information content (AvgIpc) is 3.10. The first-order chi connectivity index (χ1) is 12.4. The van der Waals surface area contributed by atoms with Crippen LogP contribution in [0, 0.1) is 0 Å². The third-order valence-electron chi connectivity index (χ3n) is 3.62. The lowest BCUT2D eigenvalue weighted by molar-refractivity contribution is 0.0950. The van der Waals surface area contributed by atoms with E-state index in [9.17, 15) is 4.79 Å². The van der Waals surface area contributed by atoms with Crippen LogP contribution in [0.4, 0.5) is 0 Å². The van der Waals surface area contributed by atoms with Crippen LogP contribution in [0.2, 0.25) is 15.1 Å². The molecule has 0 spiro atoms. The largest absolute Gasteiger partial charge is 0.289 e. The second kappa shape index (κ2) is 7.91. The molecule has 1 aromatic heterocycles. The molecule has 0 aliphatic rings. The highest BCUT2D eigenvalue weighted by molar-refractivity contribution is 6.36. The van der Waals surface area contributed by atoms with Crippen molar-refractivity contribution in [1.29, 1.82) is 0 Å². The topological polar surface area (TPSA) is 70.1 Å². The van der Waals surface area contributed by atoms with Crippen LogP contribution in [0.15, 0.2) is 53.6 Å². The number of nitrogens with one attached hydrogen (secondary N) is 2. The summed E-state index contributed by atoms with van der Waals surface area (Å²) in [5.74, 6) is -0.415. The highest BCUT2D eigenvalue weighted by Crippen LogP contribution is 2.29. The summed E-state index contributed by atoms with van der Waals surface area (Å²) in [4.78, 5) is 12.3. The molecular formula is C18H13Cl3N4O. The first kappa shape index (κ1) is 18.5. The number of nitrogens with zero attached hydrogens (tertiary/aromatic N) is 2. The van der Waals surface area contributed by atoms with E-state index in [0.717, 1.165) is 5.56 Å². The number of carbonyl (C=O) groups is 1. The molecule has 3 aromatic rings. The fraction of sp³-hybridized carbons (Fsp3) is 0.0556. The highest BCUT2D eigenvalue weighted by atomic mass is 35.5.